The van der Waals surface area contributed by atoms with Gasteiger partial charge in [0.1, 0.15) is 12.4 Å². The van der Waals surface area contributed by atoms with Crippen LogP contribution in [-0.2, 0) is 16.6 Å². The molecule has 37 heavy (non-hydrogen) atoms. The molecule has 0 heterocycles. The molecule has 0 bridgehead atoms. The first-order valence-electron chi connectivity index (χ1n) is 14.1. The van der Waals surface area contributed by atoms with Crippen molar-refractivity contribution in [1.29, 1.82) is 0 Å². The summed E-state index contributed by atoms with van der Waals surface area (Å²) in [7, 11) is 0. The van der Waals surface area contributed by atoms with E-state index < -0.39 is 17.7 Å². The molecule has 2 aromatic carbocycles. The van der Waals surface area contributed by atoms with Gasteiger partial charge in [-0.15, -0.1) is 0 Å². The third kappa shape index (κ3) is 7.36. The van der Waals surface area contributed by atoms with E-state index in [1.807, 2.05) is 13.0 Å². The van der Waals surface area contributed by atoms with Gasteiger partial charge in [-0.3, -0.25) is 4.79 Å². The van der Waals surface area contributed by atoms with Crippen LogP contribution in [0.2, 0.25) is 0 Å². The summed E-state index contributed by atoms with van der Waals surface area (Å²) >= 11 is 0. The summed E-state index contributed by atoms with van der Waals surface area (Å²) in [5.74, 6) is -0.0964. The zero-order valence-corrected chi connectivity index (χ0v) is 23.2. The minimum atomic E-state index is -0.845. The monoisotopic (exact) mass is 510 g/mol. The Kier molecular flexibility index (Phi) is 10.2. The number of aliphatic hydroxyl groups excluding tert-OH is 1. The first-order chi connectivity index (χ1) is 17.6. The van der Waals surface area contributed by atoms with Crippen molar-refractivity contribution in [2.75, 3.05) is 6.61 Å². The van der Waals surface area contributed by atoms with Gasteiger partial charge in [0.2, 0.25) is 0 Å². The van der Waals surface area contributed by atoms with E-state index in [-0.39, 0.29) is 18.4 Å². The Morgan fingerprint density at radius 3 is 2.22 bits per heavy atom. The van der Waals surface area contributed by atoms with Crippen molar-refractivity contribution >= 4 is 5.97 Å². The highest BCUT2D eigenvalue weighted by Gasteiger charge is 2.33. The smallest absolute Gasteiger partial charge is 0.303 e. The highest BCUT2D eigenvalue weighted by molar-refractivity contribution is 5.66. The van der Waals surface area contributed by atoms with Crippen LogP contribution in [0.5, 0.6) is 5.75 Å². The summed E-state index contributed by atoms with van der Waals surface area (Å²) in [6.45, 7) is 8.87. The number of carboxylic acids is 1. The van der Waals surface area contributed by atoms with E-state index >= 15 is 0 Å². The van der Waals surface area contributed by atoms with Crippen LogP contribution in [0, 0.1) is 13.8 Å². The summed E-state index contributed by atoms with van der Waals surface area (Å²) in [6.07, 6.45) is 8.08. The predicted molar refractivity (Wildman–Crippen MR) is 148 cm³/mol. The Morgan fingerprint density at radius 1 is 1.03 bits per heavy atom. The summed E-state index contributed by atoms with van der Waals surface area (Å²) in [5.41, 5.74) is 5.65. The van der Waals surface area contributed by atoms with Crippen molar-refractivity contribution < 1.29 is 24.9 Å². The number of carboxylic acid groups (broad SMARTS) is 1. The molecular weight excluding hydrogens is 464 g/mol. The van der Waals surface area contributed by atoms with E-state index in [2.05, 4.69) is 51.1 Å². The van der Waals surface area contributed by atoms with Crippen molar-refractivity contribution in [2.45, 2.75) is 115 Å². The van der Waals surface area contributed by atoms with E-state index in [0.29, 0.717) is 12.8 Å². The van der Waals surface area contributed by atoms with Crippen LogP contribution in [0.15, 0.2) is 36.4 Å². The van der Waals surface area contributed by atoms with Crippen molar-refractivity contribution in [3.8, 4) is 5.75 Å². The Labute approximate surface area is 222 Å². The first kappa shape index (κ1) is 29.2. The highest BCUT2D eigenvalue weighted by Crippen LogP contribution is 2.41. The standard InChI is InChI=1S/C32H46O5/c1-5-32(6-2,26-13-12-25(23(3)20-26)16-19-31(36)17-7-8-18-31)27-14-15-29(24(4)21-27)37-22-28(33)10-9-11-30(34)35/h12-15,20-21,28,33,36H,5-11,16-19,22H2,1-4H3,(H,34,35)/t28-/m1/s1. The largest absolute Gasteiger partial charge is 0.491 e. The van der Waals surface area contributed by atoms with E-state index in [1.165, 1.54) is 22.3 Å². The molecule has 5 heteroatoms. The number of benzene rings is 2. The molecule has 0 radical (unpaired) electrons. The van der Waals surface area contributed by atoms with Gasteiger partial charge in [-0.2, -0.15) is 0 Å². The highest BCUT2D eigenvalue weighted by atomic mass is 16.5. The molecular formula is C32H46O5. The summed E-state index contributed by atoms with van der Waals surface area (Å²) in [5, 5.41) is 29.7. The van der Waals surface area contributed by atoms with Crippen LogP contribution in [0.25, 0.3) is 0 Å². The molecule has 0 aromatic heterocycles. The van der Waals surface area contributed by atoms with Gasteiger partial charge in [-0.05, 0) is 99.1 Å². The minimum Gasteiger partial charge on any atom is -0.491 e. The zero-order valence-electron chi connectivity index (χ0n) is 23.2. The van der Waals surface area contributed by atoms with Gasteiger partial charge in [0.25, 0.3) is 0 Å². The lowest BCUT2D eigenvalue weighted by Gasteiger charge is -2.34. The third-order valence-corrected chi connectivity index (χ3v) is 8.58. The average molecular weight is 511 g/mol. The summed E-state index contributed by atoms with van der Waals surface area (Å²) in [6, 6.07) is 13.2. The maximum absolute atomic E-state index is 10.8. The van der Waals surface area contributed by atoms with Crippen LogP contribution in [-0.4, -0.2) is 39.6 Å². The van der Waals surface area contributed by atoms with E-state index in [1.54, 1.807) is 0 Å². The first-order valence-corrected chi connectivity index (χ1v) is 14.1. The second-order valence-electron chi connectivity index (χ2n) is 11.1. The molecule has 3 N–H and O–H groups in total. The van der Waals surface area contributed by atoms with Gasteiger partial charge in [-0.25, -0.2) is 0 Å². The average Bonchev–Trinajstić information content (AvgIpc) is 3.30. The Bertz CT molecular complexity index is 1030. The molecule has 0 unspecified atom stereocenters. The van der Waals surface area contributed by atoms with Gasteiger partial charge in [-0.1, -0.05) is 57.0 Å². The fourth-order valence-corrected chi connectivity index (χ4v) is 6.02. The van der Waals surface area contributed by atoms with Crippen LogP contribution >= 0.6 is 0 Å². The molecule has 2 aromatic rings. The van der Waals surface area contributed by atoms with Crippen molar-refractivity contribution in [2.24, 2.45) is 0 Å². The number of carbonyl (C=O) groups is 1. The SMILES string of the molecule is CCC(CC)(c1ccc(CCC2(O)CCCC2)c(C)c1)c1ccc(OC[C@H](O)CCCC(=O)O)c(C)c1. The summed E-state index contributed by atoms with van der Waals surface area (Å²) < 4.78 is 5.89. The fraction of sp³-hybridized carbons (Fsp3) is 0.594. The number of aryl methyl sites for hydroxylation is 3. The van der Waals surface area contributed by atoms with Crippen LogP contribution < -0.4 is 4.74 Å². The molecule has 204 valence electrons. The van der Waals surface area contributed by atoms with Crippen molar-refractivity contribution in [1.82, 2.24) is 0 Å². The number of ether oxygens (including phenoxy) is 1. The normalized spacial score (nSPS) is 16.1. The quantitative estimate of drug-likeness (QED) is 0.265. The van der Waals surface area contributed by atoms with Crippen molar-refractivity contribution in [3.63, 3.8) is 0 Å². The maximum Gasteiger partial charge on any atom is 0.303 e. The number of aliphatic carboxylic acids is 1. The molecule has 3 rings (SSSR count). The second kappa shape index (κ2) is 12.9. The van der Waals surface area contributed by atoms with E-state index in [4.69, 9.17) is 9.84 Å². The number of hydrogen-bond acceptors (Lipinski definition) is 4. The zero-order chi connectivity index (χ0) is 27.1. The predicted octanol–water partition coefficient (Wildman–Crippen LogP) is 6.64. The van der Waals surface area contributed by atoms with Gasteiger partial charge < -0.3 is 20.1 Å². The Balaban J connectivity index is 1.73. The van der Waals surface area contributed by atoms with Crippen LogP contribution in [0.3, 0.4) is 0 Å². The molecule has 1 saturated carbocycles. The summed E-state index contributed by atoms with van der Waals surface area (Å²) in [4.78, 5) is 10.7. The van der Waals surface area contributed by atoms with E-state index in [0.717, 1.165) is 62.7 Å². The maximum atomic E-state index is 10.8. The van der Waals surface area contributed by atoms with Gasteiger partial charge in [0, 0.05) is 11.8 Å². The topological polar surface area (TPSA) is 87.0 Å². The van der Waals surface area contributed by atoms with Crippen LogP contribution in [0.1, 0.15) is 106 Å². The lowest BCUT2D eigenvalue weighted by atomic mass is 9.69. The fourth-order valence-electron chi connectivity index (χ4n) is 6.02. The second-order valence-corrected chi connectivity index (χ2v) is 11.1. The molecule has 1 aliphatic carbocycles. The van der Waals surface area contributed by atoms with Crippen LogP contribution in [0.4, 0.5) is 0 Å². The molecule has 5 nitrogen and oxygen atoms in total. The Morgan fingerprint density at radius 2 is 1.65 bits per heavy atom. The van der Waals surface area contributed by atoms with Gasteiger partial charge in [0.15, 0.2) is 0 Å². The molecule has 0 saturated heterocycles. The molecule has 0 spiro atoms. The molecule has 1 fully saturated rings. The molecule has 1 atom stereocenters. The molecule has 0 amide bonds. The molecule has 0 aliphatic heterocycles. The minimum absolute atomic E-state index is 0.0591. The van der Waals surface area contributed by atoms with Crippen molar-refractivity contribution in [3.05, 3.63) is 64.2 Å². The number of rotatable bonds is 14. The van der Waals surface area contributed by atoms with Gasteiger partial charge >= 0.3 is 5.97 Å². The molecule has 1 aliphatic rings. The number of hydrogen-bond donors (Lipinski definition) is 3. The Hall–Kier alpha value is -2.37. The lowest BCUT2D eigenvalue weighted by Crippen LogP contribution is -2.27. The number of aliphatic hydroxyl groups is 2. The van der Waals surface area contributed by atoms with E-state index in [9.17, 15) is 15.0 Å². The third-order valence-electron chi connectivity index (χ3n) is 8.58. The lowest BCUT2D eigenvalue weighted by molar-refractivity contribution is -0.137. The van der Waals surface area contributed by atoms with Gasteiger partial charge in [0.05, 0.1) is 11.7 Å².